The van der Waals surface area contributed by atoms with E-state index in [0.717, 1.165) is 6.07 Å². The minimum Gasteiger partial charge on any atom is -0.295 e. The van der Waals surface area contributed by atoms with E-state index in [4.69, 9.17) is 0 Å². The van der Waals surface area contributed by atoms with E-state index in [1.54, 1.807) is 6.07 Å². The molecule has 1 nitrogen and oxygen atoms in total. The zero-order valence-electron chi connectivity index (χ0n) is 9.51. The molecule has 92 valence electrons. The van der Waals surface area contributed by atoms with Crippen molar-refractivity contribution in [3.05, 3.63) is 58.1 Å². The van der Waals surface area contributed by atoms with Gasteiger partial charge in [-0.1, -0.05) is 34.1 Å². The van der Waals surface area contributed by atoms with Gasteiger partial charge in [0, 0.05) is 21.2 Å². The number of carbonyl (C=O) groups is 1. The maximum atomic E-state index is 13.8. The highest BCUT2D eigenvalue weighted by atomic mass is 79.9. The number of hydrogen-bond donors (Lipinski definition) is 0. The molecule has 0 aromatic heterocycles. The van der Waals surface area contributed by atoms with Gasteiger partial charge in [0.2, 0.25) is 0 Å². The van der Waals surface area contributed by atoms with Gasteiger partial charge in [-0.2, -0.15) is 0 Å². The molecular weight excluding hydrogens is 302 g/mol. The van der Waals surface area contributed by atoms with Crippen molar-refractivity contribution < 1.29 is 13.6 Å². The van der Waals surface area contributed by atoms with E-state index in [0.29, 0.717) is 4.47 Å². The van der Waals surface area contributed by atoms with Crippen molar-refractivity contribution in [3.63, 3.8) is 0 Å². The molecule has 0 spiro atoms. The molecule has 0 fully saturated rings. The second-order valence-electron chi connectivity index (χ2n) is 3.87. The van der Waals surface area contributed by atoms with Crippen molar-refractivity contribution in [2.45, 2.75) is 6.92 Å². The molecule has 0 aliphatic rings. The quantitative estimate of drug-likeness (QED) is 0.741. The summed E-state index contributed by atoms with van der Waals surface area (Å²) >= 11 is 3.14. The van der Waals surface area contributed by atoms with E-state index >= 15 is 0 Å². The van der Waals surface area contributed by atoms with Crippen LogP contribution in [0.15, 0.2) is 40.9 Å². The molecular formula is C14H9BrF2O. The number of hydrogen-bond acceptors (Lipinski definition) is 1. The predicted octanol–water partition coefficient (Wildman–Crippen LogP) is 4.60. The molecule has 4 heteroatoms. The van der Waals surface area contributed by atoms with Crippen molar-refractivity contribution in [3.8, 4) is 11.1 Å². The number of ketones is 1. The third kappa shape index (κ3) is 2.48. The molecule has 0 unspecified atom stereocenters. The van der Waals surface area contributed by atoms with Gasteiger partial charge in [0.25, 0.3) is 0 Å². The van der Waals surface area contributed by atoms with Gasteiger partial charge in [0.05, 0.1) is 0 Å². The number of benzene rings is 2. The Morgan fingerprint density at radius 3 is 2.06 bits per heavy atom. The molecule has 0 radical (unpaired) electrons. The van der Waals surface area contributed by atoms with Crippen LogP contribution in [0.25, 0.3) is 11.1 Å². The Bertz CT molecular complexity index is 623. The average Bonchev–Trinajstić information content (AvgIpc) is 2.30. The average molecular weight is 311 g/mol. The molecule has 2 aromatic carbocycles. The van der Waals surface area contributed by atoms with Crippen LogP contribution in [-0.4, -0.2) is 5.78 Å². The zero-order chi connectivity index (χ0) is 13.3. The minimum absolute atomic E-state index is 0.144. The molecule has 2 aromatic rings. The molecule has 0 amide bonds. The van der Waals surface area contributed by atoms with Gasteiger partial charge < -0.3 is 0 Å². The SMILES string of the molecule is CC(=O)c1ccc(-c2ccc(Br)cc2F)c(F)c1. The molecule has 0 aliphatic heterocycles. The van der Waals surface area contributed by atoms with E-state index in [1.807, 2.05) is 0 Å². The van der Waals surface area contributed by atoms with Crippen molar-refractivity contribution >= 4 is 21.7 Å². The lowest BCUT2D eigenvalue weighted by atomic mass is 10.0. The number of Topliss-reactive ketones (excluding diaryl/α,β-unsaturated/α-hetero) is 1. The predicted molar refractivity (Wildman–Crippen MR) is 69.5 cm³/mol. The summed E-state index contributed by atoms with van der Waals surface area (Å²) in [5.74, 6) is -1.35. The van der Waals surface area contributed by atoms with Gasteiger partial charge in [0.15, 0.2) is 5.78 Å². The normalized spacial score (nSPS) is 10.4. The first kappa shape index (κ1) is 12.9. The van der Waals surface area contributed by atoms with Crippen LogP contribution < -0.4 is 0 Å². The van der Waals surface area contributed by atoms with Crippen molar-refractivity contribution in [2.75, 3.05) is 0 Å². The van der Waals surface area contributed by atoms with Crippen LogP contribution in [-0.2, 0) is 0 Å². The molecule has 0 saturated heterocycles. The molecule has 0 bridgehead atoms. The lowest BCUT2D eigenvalue weighted by Crippen LogP contribution is -1.95. The fourth-order valence-electron chi connectivity index (χ4n) is 1.66. The smallest absolute Gasteiger partial charge is 0.159 e. The van der Waals surface area contributed by atoms with Gasteiger partial charge in [0.1, 0.15) is 11.6 Å². The highest BCUT2D eigenvalue weighted by Gasteiger charge is 2.12. The van der Waals surface area contributed by atoms with E-state index in [1.165, 1.54) is 31.2 Å². The van der Waals surface area contributed by atoms with Gasteiger partial charge in [-0.05, 0) is 25.1 Å². The Kier molecular flexibility index (Phi) is 3.57. The topological polar surface area (TPSA) is 17.1 Å². The maximum absolute atomic E-state index is 13.8. The third-order valence-electron chi connectivity index (χ3n) is 2.60. The van der Waals surface area contributed by atoms with Crippen molar-refractivity contribution in [1.29, 1.82) is 0 Å². The Hall–Kier alpha value is -1.55. The van der Waals surface area contributed by atoms with Crippen LogP contribution in [0.1, 0.15) is 17.3 Å². The molecule has 0 saturated carbocycles. The van der Waals surface area contributed by atoms with E-state index < -0.39 is 11.6 Å². The molecule has 0 N–H and O–H groups in total. The van der Waals surface area contributed by atoms with Crippen molar-refractivity contribution in [2.24, 2.45) is 0 Å². The summed E-state index contributed by atoms with van der Waals surface area (Å²) in [5.41, 5.74) is 0.588. The van der Waals surface area contributed by atoms with E-state index in [9.17, 15) is 13.6 Å². The summed E-state index contributed by atoms with van der Waals surface area (Å²) in [6, 6.07) is 8.43. The summed E-state index contributed by atoms with van der Waals surface area (Å²) in [6.45, 7) is 1.36. The first-order valence-electron chi connectivity index (χ1n) is 5.25. The number of rotatable bonds is 2. The summed E-state index contributed by atoms with van der Waals surface area (Å²) in [7, 11) is 0. The third-order valence-corrected chi connectivity index (χ3v) is 3.09. The van der Waals surface area contributed by atoms with Gasteiger partial charge in [-0.25, -0.2) is 8.78 Å². The summed E-state index contributed by atoms with van der Waals surface area (Å²) in [4.78, 5) is 11.1. The van der Waals surface area contributed by atoms with Gasteiger partial charge in [-0.3, -0.25) is 4.79 Å². The fourth-order valence-corrected chi connectivity index (χ4v) is 1.99. The Morgan fingerprint density at radius 2 is 1.56 bits per heavy atom. The van der Waals surface area contributed by atoms with Crippen LogP contribution in [0.4, 0.5) is 8.78 Å². The molecule has 18 heavy (non-hydrogen) atoms. The first-order valence-corrected chi connectivity index (χ1v) is 6.04. The van der Waals surface area contributed by atoms with Crippen LogP contribution >= 0.6 is 15.9 Å². The largest absolute Gasteiger partial charge is 0.295 e. The lowest BCUT2D eigenvalue weighted by molar-refractivity contribution is 0.101. The van der Waals surface area contributed by atoms with Crippen LogP contribution in [0, 0.1) is 11.6 Å². The molecule has 0 atom stereocenters. The first-order chi connectivity index (χ1) is 8.49. The van der Waals surface area contributed by atoms with Crippen LogP contribution in [0.5, 0.6) is 0 Å². The number of halogens is 3. The number of carbonyl (C=O) groups excluding carboxylic acids is 1. The molecule has 2 rings (SSSR count). The van der Waals surface area contributed by atoms with Crippen molar-refractivity contribution in [1.82, 2.24) is 0 Å². The zero-order valence-corrected chi connectivity index (χ0v) is 11.1. The second kappa shape index (κ2) is 4.98. The molecule has 0 heterocycles. The highest BCUT2D eigenvalue weighted by Crippen LogP contribution is 2.28. The van der Waals surface area contributed by atoms with Crippen LogP contribution in [0.2, 0.25) is 0 Å². The standard InChI is InChI=1S/C14H9BrF2O/c1-8(18)9-2-4-11(13(16)6-9)12-5-3-10(15)7-14(12)17/h2-7H,1H3. The van der Waals surface area contributed by atoms with E-state index in [2.05, 4.69) is 15.9 Å². The molecule has 0 aliphatic carbocycles. The second-order valence-corrected chi connectivity index (χ2v) is 4.79. The van der Waals surface area contributed by atoms with Gasteiger partial charge in [-0.15, -0.1) is 0 Å². The maximum Gasteiger partial charge on any atom is 0.159 e. The van der Waals surface area contributed by atoms with Gasteiger partial charge >= 0.3 is 0 Å². The lowest BCUT2D eigenvalue weighted by Gasteiger charge is -2.06. The van der Waals surface area contributed by atoms with Crippen LogP contribution in [0.3, 0.4) is 0 Å². The highest BCUT2D eigenvalue weighted by molar-refractivity contribution is 9.10. The summed E-state index contributed by atoms with van der Waals surface area (Å²) in [6.07, 6.45) is 0. The summed E-state index contributed by atoms with van der Waals surface area (Å²) in [5, 5.41) is 0. The minimum atomic E-state index is -0.607. The Morgan fingerprint density at radius 1 is 1.00 bits per heavy atom. The Labute approximate surface area is 112 Å². The Balaban J connectivity index is 2.54. The monoisotopic (exact) mass is 310 g/mol. The fraction of sp³-hybridized carbons (Fsp3) is 0.0714. The summed E-state index contributed by atoms with van der Waals surface area (Å²) < 4.78 is 28.1. The van der Waals surface area contributed by atoms with E-state index in [-0.39, 0.29) is 22.5 Å².